The molecule has 76 valence electrons. The number of phenolic OH excluding ortho intramolecular Hbond substituents is 1. The largest absolute Gasteiger partial charge is 0.504 e. The Labute approximate surface area is 92.7 Å². The summed E-state index contributed by atoms with van der Waals surface area (Å²) >= 11 is 10.9. The first-order chi connectivity index (χ1) is 6.63. The van der Waals surface area contributed by atoms with Crippen LogP contribution in [0.4, 0.5) is 0 Å². The Morgan fingerprint density at radius 1 is 1.43 bits per heavy atom. The predicted octanol–water partition coefficient (Wildman–Crippen LogP) is 3.57. The first-order valence-corrected chi connectivity index (χ1v) is 4.91. The van der Waals surface area contributed by atoms with Crippen molar-refractivity contribution in [2.24, 2.45) is 0 Å². The van der Waals surface area contributed by atoms with Gasteiger partial charge in [0.2, 0.25) is 5.02 Å². The van der Waals surface area contributed by atoms with Crippen molar-refractivity contribution < 1.29 is 9.84 Å². The lowest BCUT2D eigenvalue weighted by atomic mass is 10.2. The van der Waals surface area contributed by atoms with E-state index in [2.05, 4.69) is 0 Å². The topological polar surface area (TPSA) is 29.5 Å². The van der Waals surface area contributed by atoms with Crippen LogP contribution in [0, 0.1) is 0 Å². The Balaban J connectivity index is 2.96. The van der Waals surface area contributed by atoms with Crippen LogP contribution in [-0.4, -0.2) is 10.1 Å². The summed E-state index contributed by atoms with van der Waals surface area (Å²) in [6, 6.07) is 4.95. The van der Waals surface area contributed by atoms with Gasteiger partial charge in [-0.1, -0.05) is 41.4 Å². The molecule has 0 fully saturated rings. The van der Waals surface area contributed by atoms with Gasteiger partial charge < -0.3 is 9.84 Å². The molecule has 0 aliphatic heterocycles. The fourth-order valence-corrected chi connectivity index (χ4v) is 1.21. The molecule has 0 spiro atoms. The molecule has 1 N–H and O–H groups in total. The first kappa shape index (κ1) is 11.2. The Hall–Kier alpha value is -0.860. The van der Waals surface area contributed by atoms with Gasteiger partial charge in [0.25, 0.3) is 0 Å². The number of benzene rings is 1. The maximum atomic E-state index is 9.39. The van der Waals surface area contributed by atoms with E-state index in [-0.39, 0.29) is 11.5 Å². The molecule has 14 heavy (non-hydrogen) atoms. The third-order valence-corrected chi connectivity index (χ3v) is 1.74. The van der Waals surface area contributed by atoms with Gasteiger partial charge in [-0.15, -0.1) is 0 Å². The smallest absolute Gasteiger partial charge is 0.248 e. The molecule has 0 aliphatic carbocycles. The zero-order chi connectivity index (χ0) is 10.6. The Morgan fingerprint density at radius 2 is 2.14 bits per heavy atom. The number of rotatable bonds is 3. The van der Waals surface area contributed by atoms with Crippen LogP contribution in [0.25, 0.3) is 6.08 Å². The highest BCUT2D eigenvalue weighted by Gasteiger charge is 2.06. The van der Waals surface area contributed by atoms with E-state index in [1.807, 2.05) is 19.1 Å². The number of hydrogen-bond acceptors (Lipinski definition) is 2. The van der Waals surface area contributed by atoms with Gasteiger partial charge in [0.05, 0.1) is 0 Å². The van der Waals surface area contributed by atoms with E-state index in [0.29, 0.717) is 0 Å². The summed E-state index contributed by atoms with van der Waals surface area (Å²) in [7, 11) is 0. The van der Waals surface area contributed by atoms with Gasteiger partial charge in [0, 0.05) is 0 Å². The summed E-state index contributed by atoms with van der Waals surface area (Å²) in [4.78, 5) is 0. The lowest BCUT2D eigenvalue weighted by Gasteiger charge is -2.08. The predicted molar refractivity (Wildman–Crippen MR) is 58.9 cm³/mol. The first-order valence-electron chi connectivity index (χ1n) is 4.04. The Morgan fingerprint density at radius 3 is 2.71 bits per heavy atom. The number of hydrogen-bond donors (Lipinski definition) is 1. The van der Waals surface area contributed by atoms with Crippen LogP contribution >= 0.6 is 23.2 Å². The minimum atomic E-state index is -0.984. The Bertz CT molecular complexity index is 335. The van der Waals surface area contributed by atoms with Crippen molar-refractivity contribution in [2.45, 2.75) is 11.9 Å². The summed E-state index contributed by atoms with van der Waals surface area (Å²) in [6.07, 6.45) is 3.76. The van der Waals surface area contributed by atoms with E-state index in [4.69, 9.17) is 27.9 Å². The molecule has 4 heteroatoms. The summed E-state index contributed by atoms with van der Waals surface area (Å²) in [5.41, 5.74) is 0.911. The summed E-state index contributed by atoms with van der Waals surface area (Å²) < 4.78 is 4.98. The highest BCUT2D eigenvalue weighted by atomic mass is 35.5. The lowest BCUT2D eigenvalue weighted by Crippen LogP contribution is -1.99. The molecular weight excluding hydrogens is 223 g/mol. The number of halogens is 2. The third kappa shape index (κ3) is 3.13. The maximum Gasteiger partial charge on any atom is 0.248 e. The SMILES string of the molecule is CC=Cc1ccc(O)c(OC(Cl)Cl)c1. The molecule has 0 radical (unpaired) electrons. The van der Waals surface area contributed by atoms with Crippen molar-refractivity contribution in [2.75, 3.05) is 0 Å². The number of alkyl halides is 2. The number of aromatic hydroxyl groups is 1. The van der Waals surface area contributed by atoms with Crippen LogP contribution in [0.1, 0.15) is 12.5 Å². The molecule has 0 unspecified atom stereocenters. The third-order valence-electron chi connectivity index (χ3n) is 1.56. The van der Waals surface area contributed by atoms with E-state index in [1.54, 1.807) is 12.1 Å². The summed E-state index contributed by atoms with van der Waals surface area (Å²) in [6.45, 7) is 1.90. The fraction of sp³-hybridized carbons (Fsp3) is 0.200. The molecule has 0 aliphatic rings. The van der Waals surface area contributed by atoms with E-state index < -0.39 is 5.02 Å². The van der Waals surface area contributed by atoms with Crippen LogP contribution in [0.2, 0.25) is 0 Å². The Kier molecular flexibility index (Phi) is 4.11. The van der Waals surface area contributed by atoms with Gasteiger partial charge in [0.1, 0.15) is 0 Å². The van der Waals surface area contributed by atoms with Crippen molar-refractivity contribution in [3.63, 3.8) is 0 Å². The molecular formula is C10H10Cl2O2. The minimum Gasteiger partial charge on any atom is -0.504 e. The molecule has 0 aromatic heterocycles. The molecule has 0 amide bonds. The highest BCUT2D eigenvalue weighted by Crippen LogP contribution is 2.29. The number of phenols is 1. The van der Waals surface area contributed by atoms with Crippen LogP contribution in [-0.2, 0) is 0 Å². The molecule has 0 bridgehead atoms. The molecule has 0 heterocycles. The van der Waals surface area contributed by atoms with Crippen molar-refractivity contribution in [3.05, 3.63) is 29.8 Å². The van der Waals surface area contributed by atoms with Crippen molar-refractivity contribution in [1.82, 2.24) is 0 Å². The number of ether oxygens (including phenoxy) is 1. The van der Waals surface area contributed by atoms with Gasteiger partial charge in [0.15, 0.2) is 11.5 Å². The molecule has 1 aromatic carbocycles. The zero-order valence-electron chi connectivity index (χ0n) is 7.58. The molecule has 0 saturated carbocycles. The normalized spacial score (nSPS) is 11.1. The van der Waals surface area contributed by atoms with Gasteiger partial charge in [-0.05, 0) is 24.6 Å². The maximum absolute atomic E-state index is 9.39. The summed E-state index contributed by atoms with van der Waals surface area (Å²) in [5.74, 6) is 0.292. The highest BCUT2D eigenvalue weighted by molar-refractivity contribution is 6.43. The van der Waals surface area contributed by atoms with Crippen molar-refractivity contribution in [3.8, 4) is 11.5 Å². The second kappa shape index (κ2) is 5.13. The molecule has 1 aromatic rings. The zero-order valence-corrected chi connectivity index (χ0v) is 9.09. The van der Waals surface area contributed by atoms with E-state index in [0.717, 1.165) is 5.56 Å². The molecule has 2 nitrogen and oxygen atoms in total. The fourth-order valence-electron chi connectivity index (χ4n) is 1.02. The average molecular weight is 233 g/mol. The molecule has 0 atom stereocenters. The average Bonchev–Trinajstić information content (AvgIpc) is 2.10. The quantitative estimate of drug-likeness (QED) is 0.808. The van der Waals surface area contributed by atoms with Crippen molar-refractivity contribution in [1.29, 1.82) is 0 Å². The van der Waals surface area contributed by atoms with Gasteiger partial charge in [-0.3, -0.25) is 0 Å². The van der Waals surface area contributed by atoms with E-state index in [1.165, 1.54) is 6.07 Å². The molecule has 0 saturated heterocycles. The molecule has 1 rings (SSSR count). The standard InChI is InChI=1S/C10H10Cl2O2/c1-2-3-7-4-5-8(13)9(6-7)14-10(11)12/h2-6,10,13H,1H3. The van der Waals surface area contributed by atoms with Crippen LogP contribution in [0.5, 0.6) is 11.5 Å². The van der Waals surface area contributed by atoms with Crippen molar-refractivity contribution >= 4 is 29.3 Å². The summed E-state index contributed by atoms with van der Waals surface area (Å²) in [5, 5.41) is 8.40. The lowest BCUT2D eigenvalue weighted by molar-refractivity contribution is 0.329. The minimum absolute atomic E-state index is 0.0181. The van der Waals surface area contributed by atoms with Gasteiger partial charge in [-0.25, -0.2) is 0 Å². The van der Waals surface area contributed by atoms with Gasteiger partial charge in [-0.2, -0.15) is 0 Å². The second-order valence-electron chi connectivity index (χ2n) is 2.61. The second-order valence-corrected chi connectivity index (χ2v) is 3.62. The monoisotopic (exact) mass is 232 g/mol. The van der Waals surface area contributed by atoms with Crippen LogP contribution in [0.15, 0.2) is 24.3 Å². The van der Waals surface area contributed by atoms with E-state index in [9.17, 15) is 5.11 Å². The van der Waals surface area contributed by atoms with Crippen LogP contribution in [0.3, 0.4) is 0 Å². The van der Waals surface area contributed by atoms with Crippen LogP contribution < -0.4 is 4.74 Å². The number of allylic oxidation sites excluding steroid dienone is 1. The van der Waals surface area contributed by atoms with E-state index >= 15 is 0 Å². The van der Waals surface area contributed by atoms with Gasteiger partial charge >= 0.3 is 0 Å².